The van der Waals surface area contributed by atoms with Gasteiger partial charge in [-0.05, 0) is 44.9 Å². The lowest BCUT2D eigenvalue weighted by Crippen LogP contribution is -2.35. The van der Waals surface area contributed by atoms with Gasteiger partial charge in [0, 0.05) is 6.61 Å². The summed E-state index contributed by atoms with van der Waals surface area (Å²) in [4.78, 5) is 11.8. The Morgan fingerprint density at radius 1 is 1.30 bits per heavy atom. The third-order valence-corrected chi connectivity index (χ3v) is 2.63. The van der Waals surface area contributed by atoms with Crippen LogP contribution in [0.3, 0.4) is 0 Å². The van der Waals surface area contributed by atoms with Gasteiger partial charge in [-0.3, -0.25) is 0 Å². The summed E-state index contributed by atoms with van der Waals surface area (Å²) in [7, 11) is 1.60. The molecule has 0 aliphatic heterocycles. The number of hydrogen-bond acceptors (Lipinski definition) is 4. The highest BCUT2D eigenvalue weighted by Gasteiger charge is 2.20. The number of amides is 1. The maximum absolute atomic E-state index is 11.8. The molecule has 1 aromatic rings. The molecule has 1 amide bonds. The van der Waals surface area contributed by atoms with E-state index in [-0.39, 0.29) is 12.6 Å². The Bertz CT molecular complexity index is 422. The summed E-state index contributed by atoms with van der Waals surface area (Å²) < 4.78 is 10.3. The van der Waals surface area contributed by atoms with E-state index in [4.69, 9.17) is 14.6 Å². The number of nitrogens with one attached hydrogen (secondary N) is 1. The number of carbonyl (C=O) groups excluding carboxylic acids is 1. The molecule has 0 unspecified atom stereocenters. The molecule has 0 fully saturated rings. The normalized spacial score (nSPS) is 12.7. The van der Waals surface area contributed by atoms with Crippen LogP contribution < -0.4 is 10.1 Å². The quantitative estimate of drug-likeness (QED) is 0.870. The molecule has 20 heavy (non-hydrogen) atoms. The molecule has 0 aliphatic rings. The molecule has 2 N–H and O–H groups in total. The molecule has 112 valence electrons. The zero-order chi connectivity index (χ0) is 15.2. The van der Waals surface area contributed by atoms with Crippen LogP contribution in [0.15, 0.2) is 24.3 Å². The Balaban J connectivity index is 2.74. The van der Waals surface area contributed by atoms with Crippen LogP contribution in [0.2, 0.25) is 0 Å². The predicted molar refractivity (Wildman–Crippen MR) is 76.8 cm³/mol. The van der Waals surface area contributed by atoms with Crippen molar-refractivity contribution in [2.45, 2.75) is 38.8 Å². The van der Waals surface area contributed by atoms with Crippen molar-refractivity contribution >= 4 is 6.09 Å². The molecule has 0 spiro atoms. The third-order valence-electron chi connectivity index (χ3n) is 2.63. The minimum absolute atomic E-state index is 0.0213. The second-order valence-corrected chi connectivity index (χ2v) is 5.48. The molecule has 0 aromatic heterocycles. The van der Waals surface area contributed by atoms with Crippen molar-refractivity contribution < 1.29 is 19.4 Å². The van der Waals surface area contributed by atoms with E-state index in [1.165, 1.54) is 0 Å². The van der Waals surface area contributed by atoms with Crippen molar-refractivity contribution in [2.75, 3.05) is 13.7 Å². The van der Waals surface area contributed by atoms with Crippen LogP contribution in [-0.2, 0) is 4.74 Å². The van der Waals surface area contributed by atoms with E-state index < -0.39 is 11.7 Å². The van der Waals surface area contributed by atoms with E-state index in [1.54, 1.807) is 27.9 Å². The molecular weight excluding hydrogens is 258 g/mol. The second kappa shape index (κ2) is 7.14. The van der Waals surface area contributed by atoms with Gasteiger partial charge in [0.05, 0.1) is 13.2 Å². The van der Waals surface area contributed by atoms with Gasteiger partial charge < -0.3 is 19.9 Å². The van der Waals surface area contributed by atoms with Crippen molar-refractivity contribution in [3.63, 3.8) is 0 Å². The number of carbonyl (C=O) groups is 1. The van der Waals surface area contributed by atoms with Gasteiger partial charge >= 0.3 is 6.09 Å². The van der Waals surface area contributed by atoms with Crippen LogP contribution in [0.4, 0.5) is 4.79 Å². The van der Waals surface area contributed by atoms with Crippen molar-refractivity contribution in [3.05, 3.63) is 29.8 Å². The summed E-state index contributed by atoms with van der Waals surface area (Å²) in [5.74, 6) is 0.744. The zero-order valence-electron chi connectivity index (χ0n) is 12.5. The Hall–Kier alpha value is -1.75. The van der Waals surface area contributed by atoms with Crippen molar-refractivity contribution in [1.82, 2.24) is 5.32 Å². The van der Waals surface area contributed by atoms with Gasteiger partial charge in [0.25, 0.3) is 0 Å². The fourth-order valence-corrected chi connectivity index (χ4v) is 1.74. The first-order valence-corrected chi connectivity index (χ1v) is 6.60. The van der Waals surface area contributed by atoms with Gasteiger partial charge in [-0.1, -0.05) is 12.1 Å². The summed E-state index contributed by atoms with van der Waals surface area (Å²) in [6.07, 6.45) is -0.0715. The lowest BCUT2D eigenvalue weighted by molar-refractivity contribution is 0.0496. The molecule has 0 saturated heterocycles. The van der Waals surface area contributed by atoms with Gasteiger partial charge in [0.2, 0.25) is 0 Å². The average molecular weight is 281 g/mol. The molecule has 0 heterocycles. The van der Waals surface area contributed by atoms with Crippen molar-refractivity contribution in [3.8, 4) is 5.75 Å². The number of aliphatic hydroxyl groups is 1. The number of alkyl carbamates (subject to hydrolysis) is 1. The summed E-state index contributed by atoms with van der Waals surface area (Å²) in [6, 6.07) is 7.06. The molecule has 0 aliphatic carbocycles. The van der Waals surface area contributed by atoms with E-state index in [2.05, 4.69) is 5.32 Å². The number of hydrogen-bond donors (Lipinski definition) is 2. The van der Waals surface area contributed by atoms with Gasteiger partial charge in [0.15, 0.2) is 0 Å². The molecule has 0 radical (unpaired) electrons. The van der Waals surface area contributed by atoms with Crippen molar-refractivity contribution in [1.29, 1.82) is 0 Å². The molecule has 0 bridgehead atoms. The molecular formula is C15H23NO4. The first kappa shape index (κ1) is 16.3. The fourth-order valence-electron chi connectivity index (χ4n) is 1.74. The zero-order valence-corrected chi connectivity index (χ0v) is 12.5. The first-order valence-electron chi connectivity index (χ1n) is 6.60. The highest BCUT2D eigenvalue weighted by molar-refractivity contribution is 5.68. The highest BCUT2D eigenvalue weighted by Crippen LogP contribution is 2.20. The van der Waals surface area contributed by atoms with Gasteiger partial charge in [-0.25, -0.2) is 4.79 Å². The van der Waals surface area contributed by atoms with Crippen molar-refractivity contribution in [2.24, 2.45) is 0 Å². The SMILES string of the molecule is COc1ccc([C@H](CCO)NC(=O)OC(C)(C)C)cc1. The lowest BCUT2D eigenvalue weighted by atomic mass is 10.0. The minimum atomic E-state index is -0.548. The number of methoxy groups -OCH3 is 1. The summed E-state index contributed by atoms with van der Waals surface area (Å²) in [5, 5.41) is 11.9. The van der Waals surface area contributed by atoms with Crippen LogP contribution in [0, 0.1) is 0 Å². The Labute approximate surface area is 119 Å². The summed E-state index contributed by atoms with van der Waals surface area (Å²) in [5.41, 5.74) is 0.346. The van der Waals surface area contributed by atoms with Crippen LogP contribution in [0.25, 0.3) is 0 Å². The number of benzene rings is 1. The Morgan fingerprint density at radius 3 is 2.35 bits per heavy atom. The largest absolute Gasteiger partial charge is 0.497 e. The lowest BCUT2D eigenvalue weighted by Gasteiger charge is -2.23. The standard InChI is InChI=1S/C15H23NO4/c1-15(2,3)20-14(18)16-13(9-10-17)11-5-7-12(19-4)8-6-11/h5-8,13,17H,9-10H2,1-4H3,(H,16,18)/t13-/m0/s1. The maximum atomic E-state index is 11.8. The summed E-state index contributed by atoms with van der Waals surface area (Å²) >= 11 is 0. The van der Waals surface area contributed by atoms with Gasteiger partial charge in [-0.15, -0.1) is 0 Å². The van der Waals surface area contributed by atoms with Crippen LogP contribution in [0.1, 0.15) is 38.8 Å². The third kappa shape index (κ3) is 5.48. The number of aliphatic hydroxyl groups excluding tert-OH is 1. The number of ether oxygens (including phenoxy) is 2. The molecule has 1 aromatic carbocycles. The topological polar surface area (TPSA) is 67.8 Å². The first-order chi connectivity index (χ1) is 9.35. The van der Waals surface area contributed by atoms with Crippen LogP contribution in [-0.4, -0.2) is 30.5 Å². The van der Waals surface area contributed by atoms with Crippen LogP contribution >= 0.6 is 0 Å². The van der Waals surface area contributed by atoms with Gasteiger partial charge in [0.1, 0.15) is 11.4 Å². The minimum Gasteiger partial charge on any atom is -0.497 e. The van der Waals surface area contributed by atoms with Crippen LogP contribution in [0.5, 0.6) is 5.75 Å². The second-order valence-electron chi connectivity index (χ2n) is 5.48. The molecule has 5 nitrogen and oxygen atoms in total. The predicted octanol–water partition coefficient (Wildman–Crippen LogP) is 2.64. The Kier molecular flexibility index (Phi) is 5.82. The van der Waals surface area contributed by atoms with E-state index in [1.807, 2.05) is 24.3 Å². The van der Waals surface area contributed by atoms with E-state index in [9.17, 15) is 4.79 Å². The number of rotatable bonds is 5. The highest BCUT2D eigenvalue weighted by atomic mass is 16.6. The maximum Gasteiger partial charge on any atom is 0.408 e. The van der Waals surface area contributed by atoms with Gasteiger partial charge in [-0.2, -0.15) is 0 Å². The van der Waals surface area contributed by atoms with E-state index >= 15 is 0 Å². The molecule has 0 saturated carbocycles. The smallest absolute Gasteiger partial charge is 0.408 e. The summed E-state index contributed by atoms with van der Waals surface area (Å²) in [6.45, 7) is 5.40. The molecule has 1 rings (SSSR count). The Morgan fingerprint density at radius 2 is 1.90 bits per heavy atom. The monoisotopic (exact) mass is 281 g/mol. The average Bonchev–Trinajstić information content (AvgIpc) is 2.36. The van der Waals surface area contributed by atoms with E-state index in [0.29, 0.717) is 6.42 Å². The van der Waals surface area contributed by atoms with E-state index in [0.717, 1.165) is 11.3 Å². The fraction of sp³-hybridized carbons (Fsp3) is 0.533. The molecule has 5 heteroatoms. The molecule has 1 atom stereocenters.